The van der Waals surface area contributed by atoms with Gasteiger partial charge in [0.05, 0.1) is 19.8 Å². The third-order valence-corrected chi connectivity index (χ3v) is 5.23. The molecule has 1 fully saturated rings. The molecule has 6 heteroatoms. The van der Waals surface area contributed by atoms with Crippen LogP contribution in [0, 0.1) is 12.5 Å². The summed E-state index contributed by atoms with van der Waals surface area (Å²) in [6, 6.07) is 9.82. The van der Waals surface area contributed by atoms with E-state index in [9.17, 15) is 0 Å². The van der Waals surface area contributed by atoms with Gasteiger partial charge in [0.1, 0.15) is 5.82 Å². The van der Waals surface area contributed by atoms with Crippen molar-refractivity contribution < 1.29 is 9.39 Å². The molecule has 1 aliphatic heterocycles. The second-order valence-electron chi connectivity index (χ2n) is 7.09. The Balaban J connectivity index is 1.49. The first-order chi connectivity index (χ1) is 12.7. The van der Waals surface area contributed by atoms with Crippen molar-refractivity contribution in [1.82, 2.24) is 4.98 Å². The monoisotopic (exact) mass is 347 g/mol. The maximum Gasteiger partial charge on any atom is 0.324 e. The summed E-state index contributed by atoms with van der Waals surface area (Å²) in [5, 5.41) is 3.32. The zero-order valence-corrected chi connectivity index (χ0v) is 15.0. The molecule has 1 aliphatic carbocycles. The van der Waals surface area contributed by atoms with Gasteiger partial charge in [0.15, 0.2) is 0 Å². The Hall–Kier alpha value is -2.52. The molecule has 2 aromatic rings. The van der Waals surface area contributed by atoms with Crippen molar-refractivity contribution in [3.8, 4) is 5.88 Å². The highest BCUT2D eigenvalue weighted by Crippen LogP contribution is 2.31. The quantitative estimate of drug-likeness (QED) is 0.647. The molecule has 0 unspecified atom stereocenters. The zero-order chi connectivity index (χ0) is 17.9. The van der Waals surface area contributed by atoms with Crippen molar-refractivity contribution in [3.05, 3.63) is 47.3 Å². The molecular weight excluding hydrogens is 325 g/mol. The topological polar surface area (TPSA) is 47.7 Å². The maximum atomic E-state index is 7.34. The smallest absolute Gasteiger partial charge is 0.324 e. The Morgan fingerprint density at radius 1 is 1.31 bits per heavy atom. The van der Waals surface area contributed by atoms with Crippen LogP contribution < -0.4 is 15.5 Å². The minimum absolute atomic E-state index is 0.158. The Morgan fingerprint density at radius 3 is 2.96 bits per heavy atom. The van der Waals surface area contributed by atoms with Crippen molar-refractivity contribution in [2.75, 3.05) is 11.9 Å². The first-order valence-electron chi connectivity index (χ1n) is 9.25. The number of rotatable bonds is 5. The van der Waals surface area contributed by atoms with Crippen LogP contribution in [0.5, 0.6) is 5.88 Å². The zero-order valence-electron chi connectivity index (χ0n) is 15.0. The van der Waals surface area contributed by atoms with E-state index in [1.54, 1.807) is 6.07 Å². The third kappa shape index (κ3) is 3.54. The van der Waals surface area contributed by atoms with Gasteiger partial charge in [0.25, 0.3) is 0 Å². The summed E-state index contributed by atoms with van der Waals surface area (Å²) in [6.07, 6.45) is 4.97. The van der Waals surface area contributed by atoms with E-state index in [-0.39, 0.29) is 6.92 Å². The van der Waals surface area contributed by atoms with Crippen molar-refractivity contribution in [3.63, 3.8) is 0 Å². The molecule has 5 nitrogen and oxygen atoms in total. The van der Waals surface area contributed by atoms with Crippen molar-refractivity contribution in [1.29, 1.82) is 0 Å². The largest absolute Gasteiger partial charge is 0.486 e. The van der Waals surface area contributed by atoms with Crippen LogP contribution in [-0.4, -0.2) is 18.5 Å². The average Bonchev–Trinajstić information content (AvgIpc) is 3.30. The minimum Gasteiger partial charge on any atom is -0.486 e. The Kier molecular flexibility index (Phi) is 4.81. The van der Waals surface area contributed by atoms with Crippen LogP contribution >= 0.6 is 0 Å². The number of nitrogens with zero attached hydrogens (tertiary/aromatic N) is 2. The molecule has 132 valence electrons. The number of pyridine rings is 1. The number of anilines is 2. The van der Waals surface area contributed by atoms with Crippen LogP contribution in [0.3, 0.4) is 0 Å². The molecule has 0 radical (unpaired) electrons. The molecule has 2 aliphatic rings. The fourth-order valence-electron chi connectivity index (χ4n) is 3.73. The fraction of sp³-hybridized carbons (Fsp3) is 0.400. The number of nitrogens with one attached hydrogen (secondary N) is 1. The second kappa shape index (κ2) is 7.39. The summed E-state index contributed by atoms with van der Waals surface area (Å²) in [5.41, 5.74) is 3.88. The summed E-state index contributed by atoms with van der Waals surface area (Å²) in [4.78, 5) is 8.07. The lowest BCUT2D eigenvalue weighted by atomic mass is 9.64. The molecule has 4 rings (SSSR count). The van der Waals surface area contributed by atoms with Crippen LogP contribution in [0.15, 0.2) is 30.3 Å². The SMILES string of the molecule is [C-]#[N+]c1ccc(Nc2ccc3c(c2)COB3C)nc1OCC1CCCC1. The Morgan fingerprint density at radius 2 is 2.15 bits per heavy atom. The van der Waals surface area contributed by atoms with Crippen molar-refractivity contribution in [2.45, 2.75) is 39.1 Å². The molecule has 1 aromatic carbocycles. The standard InChI is InChI=1S/C20H22BN3O2/c1-21-17-8-7-16(11-15(17)13-26-21)23-19-10-9-18(22-2)20(24-19)25-12-14-5-3-4-6-14/h7-11,14H,3-6,12-13H2,1H3,(H,23,24). The van der Waals surface area contributed by atoms with Crippen LogP contribution in [0.25, 0.3) is 4.85 Å². The van der Waals surface area contributed by atoms with Gasteiger partial charge in [-0.2, -0.15) is 0 Å². The van der Waals surface area contributed by atoms with Gasteiger partial charge in [-0.15, -0.1) is 0 Å². The minimum atomic E-state index is 0.158. The third-order valence-electron chi connectivity index (χ3n) is 5.23. The molecular formula is C20H22BN3O2. The second-order valence-corrected chi connectivity index (χ2v) is 7.09. The van der Waals surface area contributed by atoms with Crippen molar-refractivity contribution in [2.24, 2.45) is 5.92 Å². The van der Waals surface area contributed by atoms with E-state index in [1.165, 1.54) is 36.7 Å². The summed E-state index contributed by atoms with van der Waals surface area (Å²) < 4.78 is 11.6. The summed E-state index contributed by atoms with van der Waals surface area (Å²) in [5.74, 6) is 1.70. The maximum absolute atomic E-state index is 7.34. The van der Waals surface area contributed by atoms with E-state index < -0.39 is 0 Å². The molecule has 0 spiro atoms. The van der Waals surface area contributed by atoms with Gasteiger partial charge >= 0.3 is 6.92 Å². The number of hydrogen-bond donors (Lipinski definition) is 1. The highest BCUT2D eigenvalue weighted by Gasteiger charge is 2.23. The molecule has 0 bridgehead atoms. The van der Waals surface area contributed by atoms with Gasteiger partial charge in [-0.1, -0.05) is 25.7 Å². The van der Waals surface area contributed by atoms with Gasteiger partial charge in [0.2, 0.25) is 11.6 Å². The number of aromatic nitrogens is 1. The fourth-order valence-corrected chi connectivity index (χ4v) is 3.73. The summed E-state index contributed by atoms with van der Waals surface area (Å²) in [6.45, 7) is 10.9. The first kappa shape index (κ1) is 16.9. The molecule has 1 saturated carbocycles. The van der Waals surface area contributed by atoms with Gasteiger partial charge in [-0.3, -0.25) is 0 Å². The number of hydrogen-bond acceptors (Lipinski definition) is 4. The van der Waals surface area contributed by atoms with Crippen LogP contribution in [0.4, 0.5) is 17.2 Å². The first-order valence-corrected chi connectivity index (χ1v) is 9.25. The van der Waals surface area contributed by atoms with Crippen molar-refractivity contribution >= 4 is 29.6 Å². The van der Waals surface area contributed by atoms with Crippen LogP contribution in [0.1, 0.15) is 31.2 Å². The molecule has 0 atom stereocenters. The molecule has 26 heavy (non-hydrogen) atoms. The van der Waals surface area contributed by atoms with E-state index in [0.29, 0.717) is 36.5 Å². The van der Waals surface area contributed by atoms with Crippen LogP contribution in [-0.2, 0) is 11.3 Å². The van der Waals surface area contributed by atoms with Gasteiger partial charge in [-0.05, 0) is 54.1 Å². The molecule has 1 N–H and O–H groups in total. The number of ether oxygens (including phenoxy) is 1. The lowest BCUT2D eigenvalue weighted by molar-refractivity contribution is 0.245. The average molecular weight is 347 g/mol. The van der Waals surface area contributed by atoms with Gasteiger partial charge in [0, 0.05) is 5.69 Å². The number of benzene rings is 1. The van der Waals surface area contributed by atoms with E-state index in [2.05, 4.69) is 34.1 Å². The normalized spacial score (nSPS) is 16.4. The molecule has 1 aromatic heterocycles. The predicted octanol–water partition coefficient (Wildman–Crippen LogP) is 4.30. The Bertz CT molecular complexity index is 843. The van der Waals surface area contributed by atoms with Crippen LogP contribution in [0.2, 0.25) is 6.82 Å². The molecule has 2 heterocycles. The van der Waals surface area contributed by atoms with E-state index >= 15 is 0 Å². The van der Waals surface area contributed by atoms with Gasteiger partial charge in [-0.25, -0.2) is 9.83 Å². The Labute approximate surface area is 154 Å². The lowest BCUT2D eigenvalue weighted by Crippen LogP contribution is -2.23. The highest BCUT2D eigenvalue weighted by atomic mass is 16.5. The highest BCUT2D eigenvalue weighted by molar-refractivity contribution is 6.67. The predicted molar refractivity (Wildman–Crippen MR) is 104 cm³/mol. The molecule has 0 amide bonds. The van der Waals surface area contributed by atoms with E-state index in [0.717, 1.165) is 5.69 Å². The summed E-state index contributed by atoms with van der Waals surface area (Å²) in [7, 11) is 0. The number of fused-ring (bicyclic) bond motifs is 1. The van der Waals surface area contributed by atoms with E-state index in [4.69, 9.17) is 16.0 Å². The summed E-state index contributed by atoms with van der Waals surface area (Å²) >= 11 is 0. The van der Waals surface area contributed by atoms with Gasteiger partial charge < -0.3 is 14.7 Å². The lowest BCUT2D eigenvalue weighted by Gasteiger charge is -2.14. The van der Waals surface area contributed by atoms with E-state index in [1.807, 2.05) is 12.1 Å². The molecule has 0 saturated heterocycles.